The molecule has 1 amide bonds. The van der Waals surface area contributed by atoms with Crippen LogP contribution in [0.3, 0.4) is 0 Å². The van der Waals surface area contributed by atoms with Crippen molar-refractivity contribution in [1.82, 2.24) is 9.80 Å². The van der Waals surface area contributed by atoms with Crippen molar-refractivity contribution in [3.05, 3.63) is 101 Å². The molecule has 1 aliphatic heterocycles. The number of hydrogen-bond acceptors (Lipinski definition) is 5. The molecule has 0 atom stereocenters. The minimum Gasteiger partial charge on any atom is -0.475 e. The molecule has 10 heteroatoms. The monoisotopic (exact) mass is 580 g/mol. The Morgan fingerprint density at radius 3 is 1.98 bits per heavy atom. The number of alkyl halides is 3. The zero-order valence-corrected chi connectivity index (χ0v) is 23.7. The normalized spacial score (nSPS) is 14.3. The number of hydrogen-bond donors (Lipinski definition) is 2. The third-order valence-electron chi connectivity index (χ3n) is 6.82. The molecular formula is C32H35F3N4O3. The highest BCUT2D eigenvalue weighted by Gasteiger charge is 2.38. The highest BCUT2D eigenvalue weighted by molar-refractivity contribution is 6.04. The van der Waals surface area contributed by atoms with E-state index in [-0.39, 0.29) is 5.91 Å². The summed E-state index contributed by atoms with van der Waals surface area (Å²) in [5.41, 5.74) is 5.83. The van der Waals surface area contributed by atoms with Crippen LogP contribution in [0.2, 0.25) is 0 Å². The molecule has 1 fully saturated rings. The van der Waals surface area contributed by atoms with Crippen LogP contribution >= 0.6 is 0 Å². The number of aliphatic carboxylic acids is 1. The van der Waals surface area contributed by atoms with Crippen molar-refractivity contribution < 1.29 is 27.9 Å². The van der Waals surface area contributed by atoms with Gasteiger partial charge in [-0.05, 0) is 78.5 Å². The van der Waals surface area contributed by atoms with E-state index >= 15 is 0 Å². The number of carboxylic acids is 1. The molecule has 7 nitrogen and oxygen atoms in total. The van der Waals surface area contributed by atoms with Crippen LogP contribution in [-0.2, 0) is 17.9 Å². The Labute approximate surface area is 244 Å². The number of carbonyl (C=O) groups is 2. The molecule has 0 bridgehead atoms. The predicted octanol–water partition coefficient (Wildman–Crippen LogP) is 6.28. The Morgan fingerprint density at radius 1 is 0.905 bits per heavy atom. The highest BCUT2D eigenvalue weighted by Crippen LogP contribution is 2.19. The quantitative estimate of drug-likeness (QED) is 0.342. The average molecular weight is 581 g/mol. The van der Waals surface area contributed by atoms with Gasteiger partial charge in [0.1, 0.15) is 0 Å². The van der Waals surface area contributed by atoms with Crippen molar-refractivity contribution >= 4 is 17.6 Å². The molecule has 0 unspecified atom stereocenters. The van der Waals surface area contributed by atoms with E-state index in [1.807, 2.05) is 48.5 Å². The van der Waals surface area contributed by atoms with Gasteiger partial charge in [-0.1, -0.05) is 50.2 Å². The molecule has 1 heterocycles. The fourth-order valence-corrected chi connectivity index (χ4v) is 4.56. The molecule has 3 aromatic rings. The van der Waals surface area contributed by atoms with Crippen LogP contribution in [0, 0.1) is 11.3 Å². The van der Waals surface area contributed by atoms with Crippen LogP contribution in [-0.4, -0.2) is 59.1 Å². The molecule has 1 aliphatic rings. The molecule has 222 valence electrons. The lowest BCUT2D eigenvalue weighted by molar-refractivity contribution is -0.192. The smallest absolute Gasteiger partial charge is 0.475 e. The van der Waals surface area contributed by atoms with Crippen molar-refractivity contribution in [1.29, 1.82) is 5.26 Å². The molecule has 3 aromatic carbocycles. The molecule has 0 radical (unpaired) electrons. The first-order valence-corrected chi connectivity index (χ1v) is 13.7. The van der Waals surface area contributed by atoms with Gasteiger partial charge in [0.05, 0.1) is 11.6 Å². The second kappa shape index (κ2) is 15.1. The molecule has 4 rings (SSSR count). The standard InChI is InChI=1S/C30H34N4O.C2HF3O2/c1-23(2)27-10-12-29(13-11-27)32-30(35)28-9-4-8-26(19-28)22-34-15-5-14-33(16-17-34)21-25-7-3-6-24(18-25)20-31;3-2(4,5)1(6)7/h3-4,6-13,18-19,23H,5,14-17,21-22H2,1-2H3,(H,32,35);(H,6,7). The van der Waals surface area contributed by atoms with Gasteiger partial charge in [-0.2, -0.15) is 18.4 Å². The number of rotatable bonds is 7. The third kappa shape index (κ3) is 10.3. The largest absolute Gasteiger partial charge is 0.490 e. The number of nitrogens with zero attached hydrogens (tertiary/aromatic N) is 3. The van der Waals surface area contributed by atoms with Crippen molar-refractivity contribution in [3.8, 4) is 6.07 Å². The van der Waals surface area contributed by atoms with E-state index < -0.39 is 12.1 Å². The van der Waals surface area contributed by atoms with Crippen LogP contribution in [0.4, 0.5) is 18.9 Å². The lowest BCUT2D eigenvalue weighted by Gasteiger charge is -2.22. The predicted molar refractivity (Wildman–Crippen MR) is 155 cm³/mol. The minimum atomic E-state index is -5.08. The summed E-state index contributed by atoms with van der Waals surface area (Å²) in [7, 11) is 0. The van der Waals surface area contributed by atoms with Crippen molar-refractivity contribution in [3.63, 3.8) is 0 Å². The number of carboxylic acid groups (broad SMARTS) is 1. The van der Waals surface area contributed by atoms with E-state index in [1.54, 1.807) is 0 Å². The molecule has 0 aliphatic carbocycles. The number of carbonyl (C=O) groups excluding carboxylic acids is 1. The lowest BCUT2D eigenvalue weighted by Crippen LogP contribution is -2.30. The number of nitriles is 1. The summed E-state index contributed by atoms with van der Waals surface area (Å²) in [5.74, 6) is -2.37. The summed E-state index contributed by atoms with van der Waals surface area (Å²) in [5, 5.41) is 19.3. The maximum atomic E-state index is 12.8. The fourth-order valence-electron chi connectivity index (χ4n) is 4.56. The first-order valence-electron chi connectivity index (χ1n) is 13.7. The third-order valence-corrected chi connectivity index (χ3v) is 6.82. The maximum absolute atomic E-state index is 12.8. The Bertz CT molecular complexity index is 1380. The SMILES string of the molecule is CC(C)c1ccc(NC(=O)c2cccc(CN3CCCN(Cc4cccc(C#N)c4)CC3)c2)cc1.O=C(O)C(F)(F)F. The maximum Gasteiger partial charge on any atom is 0.490 e. The summed E-state index contributed by atoms with van der Waals surface area (Å²) >= 11 is 0. The Balaban J connectivity index is 0.000000616. The molecule has 2 N–H and O–H groups in total. The van der Waals surface area contributed by atoms with E-state index in [2.05, 4.69) is 59.3 Å². The van der Waals surface area contributed by atoms with Gasteiger partial charge >= 0.3 is 12.1 Å². The van der Waals surface area contributed by atoms with Gasteiger partial charge in [-0.25, -0.2) is 4.79 Å². The summed E-state index contributed by atoms with van der Waals surface area (Å²) in [6.45, 7) is 10.1. The van der Waals surface area contributed by atoms with Crippen LogP contribution < -0.4 is 5.32 Å². The summed E-state index contributed by atoms with van der Waals surface area (Å²) in [4.78, 5) is 26.7. The van der Waals surface area contributed by atoms with E-state index in [4.69, 9.17) is 15.2 Å². The summed E-state index contributed by atoms with van der Waals surface area (Å²) in [6, 6.07) is 26.2. The number of halogens is 3. The first-order chi connectivity index (χ1) is 19.9. The fraction of sp³-hybridized carbons (Fsp3) is 0.344. The van der Waals surface area contributed by atoms with Crippen molar-refractivity contribution in [2.24, 2.45) is 0 Å². The number of nitrogens with one attached hydrogen (secondary N) is 1. The second-order valence-corrected chi connectivity index (χ2v) is 10.5. The Kier molecular flexibility index (Phi) is 11.7. The minimum absolute atomic E-state index is 0.0780. The van der Waals surface area contributed by atoms with E-state index in [0.29, 0.717) is 11.5 Å². The Morgan fingerprint density at radius 2 is 1.45 bits per heavy atom. The van der Waals surface area contributed by atoms with E-state index in [0.717, 1.165) is 62.5 Å². The van der Waals surface area contributed by atoms with Gasteiger partial charge in [0.15, 0.2) is 0 Å². The second-order valence-electron chi connectivity index (χ2n) is 10.5. The molecule has 42 heavy (non-hydrogen) atoms. The highest BCUT2D eigenvalue weighted by atomic mass is 19.4. The molecule has 1 saturated heterocycles. The first kappa shape index (κ1) is 32.3. The molecule has 0 spiro atoms. The summed E-state index contributed by atoms with van der Waals surface area (Å²) in [6.07, 6.45) is -3.98. The average Bonchev–Trinajstić information content (AvgIpc) is 3.18. The van der Waals surface area contributed by atoms with E-state index in [9.17, 15) is 18.0 Å². The number of anilines is 1. The summed E-state index contributed by atoms with van der Waals surface area (Å²) < 4.78 is 31.7. The molecule has 0 aromatic heterocycles. The van der Waals surface area contributed by atoms with Crippen molar-refractivity contribution in [2.45, 2.75) is 45.5 Å². The van der Waals surface area contributed by atoms with Gasteiger partial charge in [0, 0.05) is 37.4 Å². The zero-order valence-electron chi connectivity index (χ0n) is 23.7. The number of amides is 1. The molecule has 0 saturated carbocycles. The Hall–Kier alpha value is -4.20. The van der Waals surface area contributed by atoms with Gasteiger partial charge in [-0.15, -0.1) is 0 Å². The van der Waals surface area contributed by atoms with Crippen LogP contribution in [0.15, 0.2) is 72.8 Å². The van der Waals surface area contributed by atoms with Crippen LogP contribution in [0.25, 0.3) is 0 Å². The number of benzene rings is 3. The van der Waals surface area contributed by atoms with Gasteiger partial charge in [-0.3, -0.25) is 14.6 Å². The van der Waals surface area contributed by atoms with Gasteiger partial charge in [0.25, 0.3) is 5.91 Å². The lowest BCUT2D eigenvalue weighted by atomic mass is 10.0. The van der Waals surface area contributed by atoms with Crippen LogP contribution in [0.5, 0.6) is 0 Å². The van der Waals surface area contributed by atoms with Crippen molar-refractivity contribution in [2.75, 3.05) is 31.5 Å². The zero-order chi connectivity index (χ0) is 30.7. The van der Waals surface area contributed by atoms with Crippen LogP contribution in [0.1, 0.15) is 58.8 Å². The molecular weight excluding hydrogens is 545 g/mol. The van der Waals surface area contributed by atoms with Gasteiger partial charge < -0.3 is 10.4 Å². The van der Waals surface area contributed by atoms with E-state index in [1.165, 1.54) is 11.1 Å². The topological polar surface area (TPSA) is 96.7 Å². The van der Waals surface area contributed by atoms with Gasteiger partial charge in [0.2, 0.25) is 0 Å².